The van der Waals surface area contributed by atoms with Crippen LogP contribution in [0.5, 0.6) is 5.75 Å². The van der Waals surface area contributed by atoms with Crippen LogP contribution in [-0.4, -0.2) is 36.5 Å². The van der Waals surface area contributed by atoms with Gasteiger partial charge in [0, 0.05) is 22.5 Å². The minimum absolute atomic E-state index is 0.0908. The zero-order valence-corrected chi connectivity index (χ0v) is 14.8. The van der Waals surface area contributed by atoms with Gasteiger partial charge in [0.25, 0.3) is 5.91 Å². The molecule has 0 N–H and O–H groups in total. The molecule has 1 aromatic carbocycles. The van der Waals surface area contributed by atoms with Crippen molar-refractivity contribution in [3.05, 3.63) is 40.8 Å². The minimum Gasteiger partial charge on any atom is -0.488 e. The molecular formula is C19H19NO4S. The van der Waals surface area contributed by atoms with Crippen LogP contribution in [0.25, 0.3) is 10.4 Å². The summed E-state index contributed by atoms with van der Waals surface area (Å²) < 4.78 is 10.7. The van der Waals surface area contributed by atoms with Crippen LogP contribution in [0.2, 0.25) is 0 Å². The largest absolute Gasteiger partial charge is 0.488 e. The number of piperidine rings is 1. The fraction of sp³-hybridized carbons (Fsp3) is 0.368. The van der Waals surface area contributed by atoms with Crippen molar-refractivity contribution in [2.75, 3.05) is 13.7 Å². The molecule has 1 fully saturated rings. The first-order valence-electron chi connectivity index (χ1n) is 8.42. The Balaban J connectivity index is 1.66. The number of nitrogens with zero attached hydrogens (tertiary/aromatic N) is 1. The monoisotopic (exact) mass is 357 g/mol. The Morgan fingerprint density at radius 3 is 2.96 bits per heavy atom. The molecule has 4 rings (SSSR count). The Kier molecular flexibility index (Phi) is 4.21. The van der Waals surface area contributed by atoms with Crippen molar-refractivity contribution in [2.24, 2.45) is 0 Å². The third-order valence-corrected chi connectivity index (χ3v) is 5.97. The SMILES string of the molecule is COC(=O)C1CCCCN1C(=O)c1cc2c(s1)-c1ccccc1OC2. The van der Waals surface area contributed by atoms with Crippen molar-refractivity contribution in [3.63, 3.8) is 0 Å². The number of likely N-dealkylation sites (tertiary alicyclic amines) is 1. The lowest BCUT2D eigenvalue weighted by atomic mass is 10.0. The van der Waals surface area contributed by atoms with E-state index in [2.05, 4.69) is 0 Å². The van der Waals surface area contributed by atoms with Gasteiger partial charge < -0.3 is 14.4 Å². The molecule has 1 saturated heterocycles. The molecule has 6 heteroatoms. The molecule has 1 aromatic heterocycles. The van der Waals surface area contributed by atoms with Crippen LogP contribution >= 0.6 is 11.3 Å². The predicted octanol–water partition coefficient (Wildman–Crippen LogP) is 3.48. The number of methoxy groups -OCH3 is 1. The van der Waals surface area contributed by atoms with Crippen molar-refractivity contribution >= 4 is 23.2 Å². The number of hydrogen-bond donors (Lipinski definition) is 0. The molecular weight excluding hydrogens is 338 g/mol. The normalized spacial score (nSPS) is 18.8. The maximum atomic E-state index is 13.0. The van der Waals surface area contributed by atoms with Gasteiger partial charge in [-0.15, -0.1) is 11.3 Å². The van der Waals surface area contributed by atoms with E-state index in [9.17, 15) is 9.59 Å². The quantitative estimate of drug-likeness (QED) is 0.772. The molecule has 1 unspecified atom stereocenters. The summed E-state index contributed by atoms with van der Waals surface area (Å²) >= 11 is 1.48. The molecule has 2 aliphatic rings. The van der Waals surface area contributed by atoms with Crippen LogP contribution < -0.4 is 4.74 Å². The topological polar surface area (TPSA) is 55.8 Å². The molecule has 2 aromatic rings. The average Bonchev–Trinajstić information content (AvgIpc) is 3.11. The number of amides is 1. The summed E-state index contributed by atoms with van der Waals surface area (Å²) in [6, 6.07) is 9.29. The maximum absolute atomic E-state index is 13.0. The molecule has 1 amide bonds. The Morgan fingerprint density at radius 2 is 2.12 bits per heavy atom. The Morgan fingerprint density at radius 1 is 1.28 bits per heavy atom. The summed E-state index contributed by atoms with van der Waals surface area (Å²) in [4.78, 5) is 28.5. The molecule has 0 aliphatic carbocycles. The van der Waals surface area contributed by atoms with Crippen LogP contribution in [0.15, 0.2) is 30.3 Å². The fourth-order valence-corrected chi connectivity index (χ4v) is 4.66. The maximum Gasteiger partial charge on any atom is 0.328 e. The number of carbonyl (C=O) groups is 2. The van der Waals surface area contributed by atoms with Gasteiger partial charge in [-0.2, -0.15) is 0 Å². The van der Waals surface area contributed by atoms with Crippen molar-refractivity contribution in [1.29, 1.82) is 0 Å². The lowest BCUT2D eigenvalue weighted by molar-refractivity contribution is -0.147. The van der Waals surface area contributed by atoms with Crippen molar-refractivity contribution in [2.45, 2.75) is 31.9 Å². The zero-order chi connectivity index (χ0) is 17.4. The molecule has 25 heavy (non-hydrogen) atoms. The fourth-order valence-electron chi connectivity index (χ4n) is 3.50. The van der Waals surface area contributed by atoms with Crippen molar-refractivity contribution < 1.29 is 19.1 Å². The first-order valence-corrected chi connectivity index (χ1v) is 9.24. The highest BCUT2D eigenvalue weighted by Gasteiger charge is 2.34. The van der Waals surface area contributed by atoms with E-state index < -0.39 is 6.04 Å². The summed E-state index contributed by atoms with van der Waals surface area (Å²) in [5.41, 5.74) is 2.05. The van der Waals surface area contributed by atoms with E-state index in [4.69, 9.17) is 9.47 Å². The van der Waals surface area contributed by atoms with Gasteiger partial charge in [-0.1, -0.05) is 12.1 Å². The molecule has 0 bridgehead atoms. The molecule has 0 spiro atoms. The van der Waals surface area contributed by atoms with E-state index in [0.717, 1.165) is 34.6 Å². The Bertz CT molecular complexity index is 829. The second kappa shape index (κ2) is 6.52. The van der Waals surface area contributed by atoms with Gasteiger partial charge in [-0.3, -0.25) is 4.79 Å². The van der Waals surface area contributed by atoms with Gasteiger partial charge in [-0.05, 0) is 37.5 Å². The summed E-state index contributed by atoms with van der Waals surface area (Å²) in [5.74, 6) is 0.427. The van der Waals surface area contributed by atoms with Gasteiger partial charge >= 0.3 is 5.97 Å². The number of hydrogen-bond acceptors (Lipinski definition) is 5. The highest BCUT2D eigenvalue weighted by molar-refractivity contribution is 7.17. The summed E-state index contributed by atoms with van der Waals surface area (Å²) in [5, 5.41) is 0. The van der Waals surface area contributed by atoms with E-state index >= 15 is 0 Å². The Labute approximate surface area is 150 Å². The number of esters is 1. The molecule has 5 nitrogen and oxygen atoms in total. The number of carbonyl (C=O) groups excluding carboxylic acids is 2. The summed E-state index contributed by atoms with van der Waals surface area (Å²) in [7, 11) is 1.37. The molecule has 0 saturated carbocycles. The third-order valence-electron chi connectivity index (χ3n) is 4.77. The molecule has 130 valence electrons. The number of para-hydroxylation sites is 1. The van der Waals surface area contributed by atoms with E-state index in [1.54, 1.807) is 4.90 Å². The van der Waals surface area contributed by atoms with Gasteiger partial charge in [-0.25, -0.2) is 4.79 Å². The smallest absolute Gasteiger partial charge is 0.328 e. The number of benzene rings is 1. The van der Waals surface area contributed by atoms with Gasteiger partial charge in [0.05, 0.1) is 12.0 Å². The van der Waals surface area contributed by atoms with Crippen LogP contribution in [0, 0.1) is 0 Å². The van der Waals surface area contributed by atoms with Crippen molar-refractivity contribution in [3.8, 4) is 16.2 Å². The highest BCUT2D eigenvalue weighted by Crippen LogP contribution is 2.42. The minimum atomic E-state index is -0.478. The first-order chi connectivity index (χ1) is 12.2. The average molecular weight is 357 g/mol. The van der Waals surface area contributed by atoms with Gasteiger partial charge in [0.2, 0.25) is 0 Å². The standard InChI is InChI=1S/C19H19NO4S/c1-23-19(22)14-7-4-5-9-20(14)18(21)16-10-12-11-24-15-8-3-2-6-13(15)17(12)25-16/h2-3,6,8,10,14H,4-5,7,9,11H2,1H3. The van der Waals surface area contributed by atoms with Crippen molar-refractivity contribution in [1.82, 2.24) is 4.90 Å². The van der Waals surface area contributed by atoms with E-state index in [1.165, 1.54) is 18.4 Å². The molecule has 1 atom stereocenters. The van der Waals surface area contributed by atoms with E-state index in [0.29, 0.717) is 24.4 Å². The van der Waals surface area contributed by atoms with Crippen LogP contribution in [0.1, 0.15) is 34.5 Å². The van der Waals surface area contributed by atoms with Gasteiger partial charge in [0.15, 0.2) is 0 Å². The van der Waals surface area contributed by atoms with Crippen LogP contribution in [-0.2, 0) is 16.1 Å². The molecule has 3 heterocycles. The number of fused-ring (bicyclic) bond motifs is 3. The zero-order valence-electron chi connectivity index (χ0n) is 14.0. The number of ether oxygens (including phenoxy) is 2. The predicted molar refractivity (Wildman–Crippen MR) is 94.8 cm³/mol. The number of thiophene rings is 1. The molecule has 0 radical (unpaired) electrons. The first kappa shape index (κ1) is 16.1. The van der Waals surface area contributed by atoms with Crippen LogP contribution in [0.3, 0.4) is 0 Å². The van der Waals surface area contributed by atoms with E-state index in [1.807, 2.05) is 30.3 Å². The number of rotatable bonds is 2. The third kappa shape index (κ3) is 2.80. The Hall–Kier alpha value is -2.34. The second-order valence-electron chi connectivity index (χ2n) is 6.28. The van der Waals surface area contributed by atoms with E-state index in [-0.39, 0.29) is 11.9 Å². The highest BCUT2D eigenvalue weighted by atomic mass is 32.1. The lowest BCUT2D eigenvalue weighted by Crippen LogP contribution is -2.48. The summed E-state index contributed by atoms with van der Waals surface area (Å²) in [6.45, 7) is 1.06. The molecule has 2 aliphatic heterocycles. The van der Waals surface area contributed by atoms with Crippen LogP contribution in [0.4, 0.5) is 0 Å². The second-order valence-corrected chi connectivity index (χ2v) is 7.34. The lowest BCUT2D eigenvalue weighted by Gasteiger charge is -2.33. The van der Waals surface area contributed by atoms with Gasteiger partial charge in [0.1, 0.15) is 18.4 Å². The summed E-state index contributed by atoms with van der Waals surface area (Å²) in [6.07, 6.45) is 2.51.